The lowest BCUT2D eigenvalue weighted by atomic mass is 10.0. The van der Waals surface area contributed by atoms with Crippen molar-refractivity contribution in [3.05, 3.63) is 75.9 Å². The van der Waals surface area contributed by atoms with E-state index in [1.807, 2.05) is 42.5 Å². The topological polar surface area (TPSA) is 58.4 Å². The first-order valence-electron chi connectivity index (χ1n) is 10.3. The number of carbonyl (C=O) groups is 1. The Morgan fingerprint density at radius 1 is 1.10 bits per heavy atom. The molecule has 1 atom stereocenters. The second-order valence-corrected chi connectivity index (χ2v) is 8.33. The molecule has 1 aliphatic heterocycles. The summed E-state index contributed by atoms with van der Waals surface area (Å²) >= 11 is 6.05. The van der Waals surface area contributed by atoms with Crippen LogP contribution >= 0.6 is 11.6 Å². The van der Waals surface area contributed by atoms with Gasteiger partial charge < -0.3 is 9.84 Å². The summed E-state index contributed by atoms with van der Waals surface area (Å²) in [5, 5.41) is 7.74. The van der Waals surface area contributed by atoms with Crippen molar-refractivity contribution in [2.75, 3.05) is 19.6 Å². The van der Waals surface area contributed by atoms with Gasteiger partial charge in [0, 0.05) is 23.2 Å². The summed E-state index contributed by atoms with van der Waals surface area (Å²) in [7, 11) is 0. The number of halogens is 1. The number of amides is 1. The zero-order valence-corrected chi connectivity index (χ0v) is 18.1. The van der Waals surface area contributed by atoms with Crippen molar-refractivity contribution in [2.45, 2.75) is 32.7 Å². The van der Waals surface area contributed by atoms with E-state index in [0.717, 1.165) is 24.2 Å². The fraction of sp³-hybridized carbons (Fsp3) is 0.333. The molecular weight excluding hydrogens is 398 g/mol. The van der Waals surface area contributed by atoms with E-state index in [9.17, 15) is 4.79 Å². The molecule has 0 bridgehead atoms. The van der Waals surface area contributed by atoms with Crippen molar-refractivity contribution >= 4 is 17.5 Å². The average molecular weight is 424 g/mol. The van der Waals surface area contributed by atoms with E-state index in [4.69, 9.17) is 16.1 Å². The van der Waals surface area contributed by atoms with Crippen LogP contribution in [0, 0.1) is 13.8 Å². The minimum absolute atomic E-state index is 0.111. The molecule has 3 aromatic rings. The van der Waals surface area contributed by atoms with Crippen molar-refractivity contribution in [3.63, 3.8) is 0 Å². The van der Waals surface area contributed by atoms with Gasteiger partial charge in [0.15, 0.2) is 11.5 Å². The molecule has 1 fully saturated rings. The maximum Gasteiger partial charge on any atom is 0.273 e. The minimum Gasteiger partial charge on any atom is -0.355 e. The second-order valence-electron chi connectivity index (χ2n) is 7.90. The highest BCUT2D eigenvalue weighted by atomic mass is 35.5. The standard InChI is InChI=1S/C24H26ClN3O2/c1-16-5-6-19(13-17(16)2)23-14-21(27-30-23)24(29)26-15-22(28-11-3-4-12-28)18-7-9-20(25)10-8-18/h5-10,13-14,22H,3-4,11-12,15H2,1-2H3,(H,26,29)/t22-/m0/s1. The molecule has 0 radical (unpaired) electrons. The average Bonchev–Trinajstić information content (AvgIpc) is 3.44. The van der Waals surface area contributed by atoms with Crippen molar-refractivity contribution in [1.82, 2.24) is 15.4 Å². The van der Waals surface area contributed by atoms with Crippen molar-refractivity contribution in [3.8, 4) is 11.3 Å². The monoisotopic (exact) mass is 423 g/mol. The molecule has 4 rings (SSSR count). The number of nitrogens with zero attached hydrogens (tertiary/aromatic N) is 2. The molecule has 1 N–H and O–H groups in total. The summed E-state index contributed by atoms with van der Waals surface area (Å²) in [6.07, 6.45) is 2.36. The third-order valence-corrected chi connectivity index (χ3v) is 6.08. The smallest absolute Gasteiger partial charge is 0.273 e. The Morgan fingerprint density at radius 3 is 2.53 bits per heavy atom. The van der Waals surface area contributed by atoms with Crippen LogP contribution in [0.15, 0.2) is 53.1 Å². The molecule has 0 unspecified atom stereocenters. The fourth-order valence-corrected chi connectivity index (χ4v) is 4.01. The van der Waals surface area contributed by atoms with Crippen LogP contribution < -0.4 is 5.32 Å². The first kappa shape index (κ1) is 20.6. The van der Waals surface area contributed by atoms with Crippen LogP contribution in [0.5, 0.6) is 0 Å². The van der Waals surface area contributed by atoms with E-state index in [1.165, 1.54) is 24.0 Å². The minimum atomic E-state index is -0.230. The summed E-state index contributed by atoms with van der Waals surface area (Å²) in [6, 6.07) is 15.7. The van der Waals surface area contributed by atoms with Gasteiger partial charge in [-0.25, -0.2) is 0 Å². The molecule has 5 nitrogen and oxygen atoms in total. The van der Waals surface area contributed by atoms with Crippen molar-refractivity contribution < 1.29 is 9.32 Å². The molecule has 1 saturated heterocycles. The van der Waals surface area contributed by atoms with Gasteiger partial charge in [0.1, 0.15) is 0 Å². The predicted octanol–water partition coefficient (Wildman–Crippen LogP) is 5.18. The van der Waals surface area contributed by atoms with Crippen LogP contribution in [0.1, 0.15) is 46.1 Å². The highest BCUT2D eigenvalue weighted by Crippen LogP contribution is 2.26. The van der Waals surface area contributed by atoms with Gasteiger partial charge >= 0.3 is 0 Å². The van der Waals surface area contributed by atoms with Gasteiger partial charge in [0.05, 0.1) is 6.04 Å². The van der Waals surface area contributed by atoms with Crippen molar-refractivity contribution in [1.29, 1.82) is 0 Å². The molecule has 2 aromatic carbocycles. The van der Waals surface area contributed by atoms with Gasteiger partial charge in [-0.1, -0.05) is 41.0 Å². The van der Waals surface area contributed by atoms with Crippen LogP contribution in [0.3, 0.4) is 0 Å². The Hall–Kier alpha value is -2.63. The molecule has 6 heteroatoms. The van der Waals surface area contributed by atoms with E-state index in [0.29, 0.717) is 23.0 Å². The van der Waals surface area contributed by atoms with Crippen LogP contribution in [0.2, 0.25) is 5.02 Å². The van der Waals surface area contributed by atoms with Gasteiger partial charge in [-0.3, -0.25) is 9.69 Å². The summed E-state index contributed by atoms with van der Waals surface area (Å²) in [4.78, 5) is 15.2. The number of likely N-dealkylation sites (tertiary alicyclic amines) is 1. The second kappa shape index (κ2) is 9.02. The molecule has 156 valence electrons. The Bertz CT molecular complexity index is 1020. The van der Waals surface area contributed by atoms with Crippen molar-refractivity contribution in [2.24, 2.45) is 0 Å². The number of aryl methyl sites for hydroxylation is 2. The Labute approximate surface area is 182 Å². The van der Waals surface area contributed by atoms with Crippen LogP contribution in [0.25, 0.3) is 11.3 Å². The number of hydrogen-bond donors (Lipinski definition) is 1. The van der Waals surface area contributed by atoms with Gasteiger partial charge in [-0.05, 0) is 74.7 Å². The summed E-state index contributed by atoms with van der Waals surface area (Å²) in [6.45, 7) is 6.69. The van der Waals surface area contributed by atoms with Crippen LogP contribution in [0.4, 0.5) is 0 Å². The number of aromatic nitrogens is 1. The van der Waals surface area contributed by atoms with Gasteiger partial charge in [-0.15, -0.1) is 0 Å². The van der Waals surface area contributed by atoms with E-state index in [1.54, 1.807) is 6.07 Å². The lowest BCUT2D eigenvalue weighted by Crippen LogP contribution is -2.36. The summed E-state index contributed by atoms with van der Waals surface area (Å²) in [5.74, 6) is 0.365. The van der Waals surface area contributed by atoms with Gasteiger partial charge in [-0.2, -0.15) is 0 Å². The van der Waals surface area contributed by atoms with E-state index in [2.05, 4.69) is 29.2 Å². The Kier molecular flexibility index (Phi) is 6.21. The maximum atomic E-state index is 12.7. The lowest BCUT2D eigenvalue weighted by molar-refractivity contribution is 0.0929. The third kappa shape index (κ3) is 4.58. The highest BCUT2D eigenvalue weighted by molar-refractivity contribution is 6.30. The Morgan fingerprint density at radius 2 is 1.83 bits per heavy atom. The van der Waals surface area contributed by atoms with Crippen LogP contribution in [-0.2, 0) is 0 Å². The van der Waals surface area contributed by atoms with Crippen LogP contribution in [-0.4, -0.2) is 35.6 Å². The molecule has 1 aromatic heterocycles. The molecule has 2 heterocycles. The lowest BCUT2D eigenvalue weighted by Gasteiger charge is -2.28. The number of benzene rings is 2. The number of hydrogen-bond acceptors (Lipinski definition) is 4. The number of carbonyl (C=O) groups excluding carboxylic acids is 1. The first-order valence-corrected chi connectivity index (χ1v) is 10.7. The summed E-state index contributed by atoms with van der Waals surface area (Å²) < 4.78 is 5.44. The predicted molar refractivity (Wildman–Crippen MR) is 119 cm³/mol. The van der Waals surface area contributed by atoms with E-state index >= 15 is 0 Å². The largest absolute Gasteiger partial charge is 0.355 e. The number of nitrogens with one attached hydrogen (secondary N) is 1. The molecule has 0 aliphatic carbocycles. The molecule has 1 aliphatic rings. The quantitative estimate of drug-likeness (QED) is 0.593. The maximum absolute atomic E-state index is 12.7. The fourth-order valence-electron chi connectivity index (χ4n) is 3.89. The van der Waals surface area contributed by atoms with E-state index in [-0.39, 0.29) is 11.9 Å². The number of rotatable bonds is 6. The van der Waals surface area contributed by atoms with Gasteiger partial charge in [0.25, 0.3) is 5.91 Å². The zero-order valence-electron chi connectivity index (χ0n) is 17.3. The zero-order chi connectivity index (χ0) is 21.1. The molecule has 0 spiro atoms. The first-order chi connectivity index (χ1) is 14.5. The molecule has 1 amide bonds. The van der Waals surface area contributed by atoms with Gasteiger partial charge in [0.2, 0.25) is 0 Å². The molecule has 30 heavy (non-hydrogen) atoms. The molecule has 0 saturated carbocycles. The summed E-state index contributed by atoms with van der Waals surface area (Å²) in [5.41, 5.74) is 4.75. The normalized spacial score (nSPS) is 15.3. The third-order valence-electron chi connectivity index (χ3n) is 5.83. The van der Waals surface area contributed by atoms with E-state index < -0.39 is 0 Å². The highest BCUT2D eigenvalue weighted by Gasteiger charge is 2.25. The SMILES string of the molecule is Cc1ccc(-c2cc(C(=O)NC[C@@H](c3ccc(Cl)cc3)N3CCCC3)no2)cc1C. The Balaban J connectivity index is 1.46. The molecular formula is C24H26ClN3O2.